The van der Waals surface area contributed by atoms with E-state index in [9.17, 15) is 4.79 Å². The minimum Gasteiger partial charge on any atom is -0.477 e. The second-order valence-electron chi connectivity index (χ2n) is 4.26. The van der Waals surface area contributed by atoms with E-state index < -0.39 is 5.97 Å². The van der Waals surface area contributed by atoms with E-state index in [2.05, 4.69) is 22.1 Å². The van der Waals surface area contributed by atoms with Crippen molar-refractivity contribution in [3.05, 3.63) is 11.1 Å². The van der Waals surface area contributed by atoms with Crippen LogP contribution in [0.3, 0.4) is 0 Å². The van der Waals surface area contributed by atoms with Gasteiger partial charge in [0, 0.05) is 13.1 Å². The molecule has 2 rings (SSSR count). The number of carboxylic acids is 1. The molecule has 17 heavy (non-hydrogen) atoms. The van der Waals surface area contributed by atoms with Crippen molar-refractivity contribution in [2.45, 2.75) is 13.3 Å². The average Bonchev–Trinajstić information content (AvgIpc) is 2.95. The Bertz CT molecular complexity index is 394. The summed E-state index contributed by atoms with van der Waals surface area (Å²) in [6.07, 6.45) is 2.61. The Morgan fingerprint density at radius 2 is 2.59 bits per heavy atom. The molecule has 0 aromatic carbocycles. The van der Waals surface area contributed by atoms with Crippen LogP contribution in [0.15, 0.2) is 6.20 Å². The summed E-state index contributed by atoms with van der Waals surface area (Å²) in [5, 5.41) is 12.7. The van der Waals surface area contributed by atoms with Crippen molar-refractivity contribution in [1.29, 1.82) is 0 Å². The number of rotatable bonds is 5. The van der Waals surface area contributed by atoms with Crippen LogP contribution in [-0.4, -0.2) is 47.1 Å². The lowest BCUT2D eigenvalue weighted by molar-refractivity contribution is 0.0702. The lowest BCUT2D eigenvalue weighted by Crippen LogP contribution is -2.22. The first-order chi connectivity index (χ1) is 8.19. The predicted molar refractivity (Wildman–Crippen MR) is 67.8 cm³/mol. The number of nitrogens with zero attached hydrogens (tertiary/aromatic N) is 2. The van der Waals surface area contributed by atoms with Crippen LogP contribution in [0.1, 0.15) is 23.0 Å². The first-order valence-electron chi connectivity index (χ1n) is 5.84. The van der Waals surface area contributed by atoms with Crippen LogP contribution < -0.4 is 5.32 Å². The van der Waals surface area contributed by atoms with E-state index >= 15 is 0 Å². The van der Waals surface area contributed by atoms with E-state index in [1.807, 2.05) is 0 Å². The molecule has 0 spiro atoms. The number of thiazole rings is 1. The molecule has 1 aliphatic rings. The van der Waals surface area contributed by atoms with Crippen LogP contribution in [0.2, 0.25) is 0 Å². The molecule has 1 fully saturated rings. The fraction of sp³-hybridized carbons (Fsp3) is 0.636. The Morgan fingerprint density at radius 3 is 3.18 bits per heavy atom. The Labute approximate surface area is 104 Å². The summed E-state index contributed by atoms with van der Waals surface area (Å²) in [6, 6.07) is 0. The number of hydrogen-bond acceptors (Lipinski definition) is 5. The fourth-order valence-corrected chi connectivity index (χ4v) is 2.71. The predicted octanol–water partition coefficient (Wildman–Crippen LogP) is 1.59. The van der Waals surface area contributed by atoms with Gasteiger partial charge in [0.05, 0.1) is 6.20 Å². The standard InChI is InChI=1S/C11H17N3O2S/c1-2-14-4-3-8(7-14)5-12-11-13-6-9(17-11)10(15)16/h6,8H,2-5,7H2,1H3,(H,12,13)(H,15,16). The number of aromatic carboxylic acids is 1. The largest absolute Gasteiger partial charge is 0.477 e. The van der Waals surface area contributed by atoms with Gasteiger partial charge in [0.15, 0.2) is 5.13 Å². The summed E-state index contributed by atoms with van der Waals surface area (Å²) >= 11 is 1.20. The van der Waals surface area contributed by atoms with Crippen molar-refractivity contribution < 1.29 is 9.90 Å². The molecule has 1 aromatic rings. The van der Waals surface area contributed by atoms with Crippen molar-refractivity contribution in [1.82, 2.24) is 9.88 Å². The zero-order chi connectivity index (χ0) is 12.3. The molecule has 5 nitrogen and oxygen atoms in total. The topological polar surface area (TPSA) is 65.5 Å². The number of carbonyl (C=O) groups is 1. The van der Waals surface area contributed by atoms with Gasteiger partial charge in [-0.25, -0.2) is 9.78 Å². The number of aromatic nitrogens is 1. The van der Waals surface area contributed by atoms with Crippen LogP contribution in [0, 0.1) is 5.92 Å². The van der Waals surface area contributed by atoms with Crippen LogP contribution >= 0.6 is 11.3 Å². The maximum Gasteiger partial charge on any atom is 0.347 e. The van der Waals surface area contributed by atoms with Gasteiger partial charge in [-0.05, 0) is 25.4 Å². The van der Waals surface area contributed by atoms with E-state index in [1.54, 1.807) is 0 Å². The highest BCUT2D eigenvalue weighted by molar-refractivity contribution is 7.17. The molecule has 6 heteroatoms. The number of nitrogens with one attached hydrogen (secondary N) is 1. The van der Waals surface area contributed by atoms with E-state index in [4.69, 9.17) is 5.11 Å². The molecule has 0 amide bonds. The van der Waals surface area contributed by atoms with Gasteiger partial charge in [0.25, 0.3) is 0 Å². The first kappa shape index (κ1) is 12.3. The van der Waals surface area contributed by atoms with Gasteiger partial charge in [-0.15, -0.1) is 0 Å². The molecular weight excluding hydrogens is 238 g/mol. The summed E-state index contributed by atoms with van der Waals surface area (Å²) in [5.74, 6) is -0.263. The van der Waals surface area contributed by atoms with Gasteiger partial charge in [0.1, 0.15) is 4.88 Å². The maximum absolute atomic E-state index is 10.7. The average molecular weight is 255 g/mol. The Hall–Kier alpha value is -1.14. The molecule has 0 aliphatic carbocycles. The summed E-state index contributed by atoms with van der Waals surface area (Å²) < 4.78 is 0. The maximum atomic E-state index is 10.7. The second-order valence-corrected chi connectivity index (χ2v) is 5.29. The third-order valence-corrected chi connectivity index (χ3v) is 4.02. The molecule has 0 bridgehead atoms. The minimum atomic E-state index is -0.909. The molecule has 1 saturated heterocycles. The van der Waals surface area contributed by atoms with E-state index in [0.717, 1.165) is 19.6 Å². The lowest BCUT2D eigenvalue weighted by Gasteiger charge is -2.13. The highest BCUT2D eigenvalue weighted by Gasteiger charge is 2.21. The quantitative estimate of drug-likeness (QED) is 0.836. The molecular formula is C11H17N3O2S. The zero-order valence-electron chi connectivity index (χ0n) is 9.85. The molecule has 2 heterocycles. The number of hydrogen-bond donors (Lipinski definition) is 2. The van der Waals surface area contributed by atoms with Crippen LogP contribution in [0.5, 0.6) is 0 Å². The van der Waals surface area contributed by atoms with Gasteiger partial charge in [-0.1, -0.05) is 18.3 Å². The van der Waals surface area contributed by atoms with Crippen molar-refractivity contribution in [2.75, 3.05) is 31.5 Å². The molecule has 1 unspecified atom stereocenters. The zero-order valence-corrected chi connectivity index (χ0v) is 10.7. The van der Waals surface area contributed by atoms with E-state index in [0.29, 0.717) is 11.0 Å². The van der Waals surface area contributed by atoms with Crippen molar-refractivity contribution in [3.63, 3.8) is 0 Å². The third kappa shape index (κ3) is 3.17. The van der Waals surface area contributed by atoms with Gasteiger partial charge >= 0.3 is 5.97 Å². The highest BCUT2D eigenvalue weighted by atomic mass is 32.1. The molecule has 2 N–H and O–H groups in total. The number of anilines is 1. The molecule has 0 saturated carbocycles. The van der Waals surface area contributed by atoms with Crippen LogP contribution in [-0.2, 0) is 0 Å². The SMILES string of the molecule is CCN1CCC(CNc2ncc(C(=O)O)s2)C1. The molecule has 1 aromatic heterocycles. The van der Waals surface area contributed by atoms with Crippen molar-refractivity contribution in [3.8, 4) is 0 Å². The van der Waals surface area contributed by atoms with Crippen molar-refractivity contribution >= 4 is 22.4 Å². The van der Waals surface area contributed by atoms with Crippen molar-refractivity contribution in [2.24, 2.45) is 5.92 Å². The monoisotopic (exact) mass is 255 g/mol. The normalized spacial score (nSPS) is 20.6. The van der Waals surface area contributed by atoms with Crippen LogP contribution in [0.4, 0.5) is 5.13 Å². The second kappa shape index (κ2) is 5.46. The molecule has 94 valence electrons. The molecule has 1 atom stereocenters. The van der Waals surface area contributed by atoms with Gasteiger partial charge < -0.3 is 15.3 Å². The first-order valence-corrected chi connectivity index (χ1v) is 6.66. The van der Waals surface area contributed by atoms with E-state index in [-0.39, 0.29) is 4.88 Å². The highest BCUT2D eigenvalue weighted by Crippen LogP contribution is 2.20. The summed E-state index contributed by atoms with van der Waals surface area (Å²) in [4.78, 5) is 17.5. The number of carboxylic acid groups (broad SMARTS) is 1. The summed E-state index contributed by atoms with van der Waals surface area (Å²) in [5.41, 5.74) is 0. The van der Waals surface area contributed by atoms with Gasteiger partial charge in [0.2, 0.25) is 0 Å². The summed E-state index contributed by atoms with van der Waals surface area (Å²) in [6.45, 7) is 6.46. The molecule has 1 aliphatic heterocycles. The third-order valence-electron chi connectivity index (χ3n) is 3.08. The van der Waals surface area contributed by atoms with Gasteiger partial charge in [-0.3, -0.25) is 0 Å². The fourth-order valence-electron chi connectivity index (χ4n) is 2.05. The number of likely N-dealkylation sites (tertiary alicyclic amines) is 1. The molecule has 0 radical (unpaired) electrons. The van der Waals surface area contributed by atoms with Crippen LogP contribution in [0.25, 0.3) is 0 Å². The van der Waals surface area contributed by atoms with E-state index in [1.165, 1.54) is 30.5 Å². The van der Waals surface area contributed by atoms with Gasteiger partial charge in [-0.2, -0.15) is 0 Å². The Balaban J connectivity index is 1.80. The smallest absolute Gasteiger partial charge is 0.347 e. The summed E-state index contributed by atoms with van der Waals surface area (Å²) in [7, 11) is 0. The minimum absolute atomic E-state index is 0.286. The Kier molecular flexibility index (Phi) is 3.96. The lowest BCUT2D eigenvalue weighted by atomic mass is 10.1. The Morgan fingerprint density at radius 1 is 1.76 bits per heavy atom.